The number of ether oxygens (including phenoxy) is 1. The Morgan fingerprint density at radius 1 is 1.21 bits per heavy atom. The van der Waals surface area contributed by atoms with E-state index in [1.807, 2.05) is 6.20 Å². The van der Waals surface area contributed by atoms with Gasteiger partial charge < -0.3 is 36.6 Å². The number of carbonyl (C=O) groups excluding carboxylic acids is 2. The molecule has 0 unspecified atom stereocenters. The molecule has 4 rings (SSSR count). The van der Waals surface area contributed by atoms with Crippen molar-refractivity contribution in [3.8, 4) is 17.0 Å². The Labute approximate surface area is 294 Å². The normalized spacial score (nSPS) is 16.2. The maximum Gasteiger partial charge on any atom is 0.490 e. The van der Waals surface area contributed by atoms with Crippen LogP contribution in [0.15, 0.2) is 41.3 Å². The molecule has 284 valence electrons. The summed E-state index contributed by atoms with van der Waals surface area (Å²) < 4.78 is 74.3. The van der Waals surface area contributed by atoms with Gasteiger partial charge in [0.05, 0.1) is 23.6 Å². The minimum absolute atomic E-state index is 0.0512. The number of nitrogens with two attached hydrogens (primary N) is 2. The van der Waals surface area contributed by atoms with E-state index in [9.17, 15) is 41.1 Å². The van der Waals surface area contributed by atoms with Crippen LogP contribution in [-0.2, 0) is 45.2 Å². The zero-order chi connectivity index (χ0) is 39.0. The standard InChI is InChI=1S/C24H29N9O10S2.C2HF3O2/c1-24(2)19(21(35)33(24)43-45(38,39)40)30-20(34)18(16-12-44-23(26)29-16)31-42-17(22(36)37)11-41-14-4-5-15(27-9-14)13-8-28-32(10-13)7-3-6-25;3-2(4,5)1(6)7/h4-5,8-10,12,17,19H,3,6-7,11,25H2,1-2H3,(H2,26,29)(H,30,34)(H,36,37)(H,38,39,40);(H,6,7)/b31-18-;/t17-,19+;/m0./s1. The molecule has 52 heavy (non-hydrogen) atoms. The number of nitrogens with one attached hydrogen (secondary N) is 1. The minimum Gasteiger partial charge on any atom is -0.487 e. The average Bonchev–Trinajstić information content (AvgIpc) is 3.71. The number of pyridine rings is 1. The summed E-state index contributed by atoms with van der Waals surface area (Å²) >= 11 is 0.950. The van der Waals surface area contributed by atoms with Gasteiger partial charge in [-0.2, -0.15) is 31.8 Å². The summed E-state index contributed by atoms with van der Waals surface area (Å²) in [6.45, 7) is 3.37. The van der Waals surface area contributed by atoms with Crippen molar-refractivity contribution in [3.05, 3.63) is 41.8 Å². The average molecular weight is 782 g/mol. The van der Waals surface area contributed by atoms with Crippen molar-refractivity contribution in [2.45, 2.75) is 50.7 Å². The fourth-order valence-electron chi connectivity index (χ4n) is 3.96. The Hall–Kier alpha value is -5.44. The van der Waals surface area contributed by atoms with Crippen LogP contribution in [0.2, 0.25) is 0 Å². The number of hydroxylamine groups is 2. The largest absolute Gasteiger partial charge is 0.490 e. The molecular formula is C26H30F3N9O12S2. The van der Waals surface area contributed by atoms with E-state index in [2.05, 4.69) is 29.8 Å². The first-order valence-corrected chi connectivity index (χ1v) is 16.5. The second-order valence-electron chi connectivity index (χ2n) is 10.8. The highest BCUT2D eigenvalue weighted by atomic mass is 32.3. The molecule has 8 N–H and O–H groups in total. The maximum absolute atomic E-state index is 13.2. The van der Waals surface area contributed by atoms with Crippen molar-refractivity contribution in [2.24, 2.45) is 10.9 Å². The number of amides is 2. The quantitative estimate of drug-likeness (QED) is 0.0514. The lowest BCUT2D eigenvalue weighted by molar-refractivity contribution is -0.218. The highest BCUT2D eigenvalue weighted by Crippen LogP contribution is 2.33. The monoisotopic (exact) mass is 781 g/mol. The third-order valence-corrected chi connectivity index (χ3v) is 7.56. The van der Waals surface area contributed by atoms with Crippen LogP contribution >= 0.6 is 11.3 Å². The van der Waals surface area contributed by atoms with E-state index < -0.39 is 70.3 Å². The number of anilines is 1. The summed E-state index contributed by atoms with van der Waals surface area (Å²) in [5.74, 6) is -6.04. The molecule has 0 radical (unpaired) electrons. The van der Waals surface area contributed by atoms with Crippen LogP contribution in [0.4, 0.5) is 18.3 Å². The van der Waals surface area contributed by atoms with Gasteiger partial charge in [0.2, 0.25) is 0 Å². The lowest BCUT2D eigenvalue weighted by atomic mass is 9.84. The van der Waals surface area contributed by atoms with Crippen LogP contribution in [-0.4, -0.2) is 114 Å². The van der Waals surface area contributed by atoms with Gasteiger partial charge in [-0.1, -0.05) is 5.16 Å². The number of halogens is 3. The number of carbonyl (C=O) groups is 4. The first-order valence-electron chi connectivity index (χ1n) is 14.3. The fraction of sp³-hybridized carbons (Fsp3) is 0.385. The van der Waals surface area contributed by atoms with Crippen molar-refractivity contribution in [3.63, 3.8) is 0 Å². The number of nitrogens with zero attached hydrogens (tertiary/aromatic N) is 6. The molecule has 3 aromatic rings. The molecule has 21 nitrogen and oxygen atoms in total. The highest BCUT2D eigenvalue weighted by molar-refractivity contribution is 7.80. The van der Waals surface area contributed by atoms with E-state index in [0.29, 0.717) is 23.8 Å². The predicted molar refractivity (Wildman–Crippen MR) is 169 cm³/mol. The molecule has 1 aliphatic rings. The number of aromatic nitrogens is 4. The topological polar surface area (TPSA) is 314 Å². The predicted octanol–water partition coefficient (Wildman–Crippen LogP) is 0.0588. The van der Waals surface area contributed by atoms with Gasteiger partial charge in [-0.25, -0.2) is 14.6 Å². The molecule has 3 aromatic heterocycles. The van der Waals surface area contributed by atoms with Crippen molar-refractivity contribution in [2.75, 3.05) is 18.9 Å². The first kappa shape index (κ1) is 41.0. The number of rotatable bonds is 15. The van der Waals surface area contributed by atoms with E-state index in [4.69, 9.17) is 35.5 Å². The van der Waals surface area contributed by atoms with E-state index in [1.54, 1.807) is 23.0 Å². The van der Waals surface area contributed by atoms with E-state index >= 15 is 0 Å². The summed E-state index contributed by atoms with van der Waals surface area (Å²) in [7, 11) is -5.02. The van der Waals surface area contributed by atoms with Gasteiger partial charge in [0.15, 0.2) is 10.8 Å². The molecule has 1 fully saturated rings. The number of hydrogen-bond donors (Lipinski definition) is 6. The number of carboxylic acids is 2. The summed E-state index contributed by atoms with van der Waals surface area (Å²) in [4.78, 5) is 59.9. The molecule has 26 heteroatoms. The van der Waals surface area contributed by atoms with Crippen LogP contribution in [0.3, 0.4) is 0 Å². The van der Waals surface area contributed by atoms with Crippen molar-refractivity contribution >= 4 is 56.3 Å². The second-order valence-corrected chi connectivity index (χ2v) is 12.7. The van der Waals surface area contributed by atoms with Gasteiger partial charge in [0.25, 0.3) is 17.9 Å². The second kappa shape index (κ2) is 16.7. The first-order chi connectivity index (χ1) is 24.1. The number of thiazole rings is 1. The minimum atomic E-state index is -5.08. The van der Waals surface area contributed by atoms with E-state index in [0.717, 1.165) is 23.3 Å². The van der Waals surface area contributed by atoms with Crippen LogP contribution in [0.25, 0.3) is 11.3 Å². The van der Waals surface area contributed by atoms with E-state index in [1.165, 1.54) is 25.4 Å². The molecule has 2 atom stereocenters. The molecule has 2 amide bonds. The van der Waals surface area contributed by atoms with Gasteiger partial charge in [-0.3, -0.25) is 23.8 Å². The number of aliphatic carboxylic acids is 2. The molecule has 0 aromatic carbocycles. The smallest absolute Gasteiger partial charge is 0.487 e. The van der Waals surface area contributed by atoms with Crippen LogP contribution in [0.1, 0.15) is 26.0 Å². The number of β-lactam (4-membered cyclic amide) rings is 1. The SMILES string of the molecule is CC1(C)[C@H](NC(=O)/C(=N\O[C@@H](COc2ccc(-c3cnn(CCCN)c3)nc2)C(=O)O)c2csc(N)n2)C(=O)N1OS(=O)(=O)O.O=C(O)C(F)(F)F. The Morgan fingerprint density at radius 2 is 1.88 bits per heavy atom. The highest BCUT2D eigenvalue weighted by Gasteiger charge is 2.58. The molecule has 4 heterocycles. The zero-order valence-electron chi connectivity index (χ0n) is 26.8. The van der Waals surface area contributed by atoms with Crippen molar-refractivity contribution in [1.82, 2.24) is 30.1 Å². The lowest BCUT2D eigenvalue weighted by Gasteiger charge is -2.50. The number of hydrogen-bond acceptors (Lipinski definition) is 16. The molecule has 1 aliphatic heterocycles. The van der Waals surface area contributed by atoms with Gasteiger partial charge in [0.1, 0.15) is 24.1 Å². The lowest BCUT2D eigenvalue weighted by Crippen LogP contribution is -2.76. The van der Waals surface area contributed by atoms with Gasteiger partial charge in [-0.15, -0.1) is 15.6 Å². The molecular weight excluding hydrogens is 751 g/mol. The molecule has 0 spiro atoms. The zero-order valence-corrected chi connectivity index (χ0v) is 28.4. The number of aryl methyl sites for hydroxylation is 1. The Kier molecular flexibility index (Phi) is 13.2. The van der Waals surface area contributed by atoms with Gasteiger partial charge in [0, 0.05) is 23.7 Å². The molecule has 0 bridgehead atoms. The van der Waals surface area contributed by atoms with Crippen molar-refractivity contribution in [1.29, 1.82) is 0 Å². The Bertz CT molecular complexity index is 1900. The van der Waals surface area contributed by atoms with Crippen molar-refractivity contribution < 1.29 is 69.4 Å². The number of nitrogen functional groups attached to an aromatic ring is 1. The third kappa shape index (κ3) is 11.0. The number of alkyl halides is 3. The summed E-state index contributed by atoms with van der Waals surface area (Å²) in [5, 5.41) is 28.9. The molecule has 0 saturated carbocycles. The maximum atomic E-state index is 13.2. The summed E-state index contributed by atoms with van der Waals surface area (Å²) in [5.41, 5.74) is 10.5. The molecule has 1 saturated heterocycles. The van der Waals surface area contributed by atoms with Gasteiger partial charge >= 0.3 is 28.5 Å². The van der Waals surface area contributed by atoms with Crippen LogP contribution in [0.5, 0.6) is 5.75 Å². The Balaban J connectivity index is 0.000000944. The number of oxime groups is 1. The van der Waals surface area contributed by atoms with E-state index in [-0.39, 0.29) is 16.6 Å². The summed E-state index contributed by atoms with van der Waals surface area (Å²) in [6.07, 6.45) is -1.16. The Morgan fingerprint density at radius 3 is 2.38 bits per heavy atom. The third-order valence-electron chi connectivity index (χ3n) is 6.55. The van der Waals surface area contributed by atoms with Crippen LogP contribution in [0, 0.1) is 0 Å². The summed E-state index contributed by atoms with van der Waals surface area (Å²) in [6, 6.07) is 1.90. The fourth-order valence-corrected chi connectivity index (χ4v) is 4.96. The molecule has 0 aliphatic carbocycles. The van der Waals surface area contributed by atoms with Gasteiger partial charge in [-0.05, 0) is 38.9 Å². The van der Waals surface area contributed by atoms with Crippen LogP contribution < -0.4 is 21.5 Å². The number of carboxylic acid groups (broad SMARTS) is 2.